The molecule has 0 radical (unpaired) electrons. The molecule has 1 atom stereocenters. The van der Waals surface area contributed by atoms with Crippen LogP contribution in [0.3, 0.4) is 0 Å². The SMILES string of the molecule is Cc1noc(C)c1S(=O)(=O)NCC(=O)NC[C@@H](C)c1ccccc1. The van der Waals surface area contributed by atoms with Gasteiger partial charge >= 0.3 is 0 Å². The van der Waals surface area contributed by atoms with Crippen LogP contribution >= 0.6 is 0 Å². The molecule has 0 fully saturated rings. The fourth-order valence-electron chi connectivity index (χ4n) is 2.32. The highest BCUT2D eigenvalue weighted by molar-refractivity contribution is 7.89. The lowest BCUT2D eigenvalue weighted by Gasteiger charge is -2.13. The number of aromatic nitrogens is 1. The number of amides is 1. The molecule has 24 heavy (non-hydrogen) atoms. The van der Waals surface area contributed by atoms with E-state index in [2.05, 4.69) is 15.2 Å². The fourth-order valence-corrected chi connectivity index (χ4v) is 3.63. The minimum Gasteiger partial charge on any atom is -0.360 e. The van der Waals surface area contributed by atoms with E-state index in [9.17, 15) is 13.2 Å². The zero-order chi connectivity index (χ0) is 17.7. The van der Waals surface area contributed by atoms with Crippen LogP contribution in [0.25, 0.3) is 0 Å². The molecule has 1 aromatic heterocycles. The van der Waals surface area contributed by atoms with Crippen molar-refractivity contribution in [1.29, 1.82) is 0 Å². The maximum Gasteiger partial charge on any atom is 0.246 e. The summed E-state index contributed by atoms with van der Waals surface area (Å²) >= 11 is 0. The van der Waals surface area contributed by atoms with Gasteiger partial charge in [0.15, 0.2) is 5.76 Å². The van der Waals surface area contributed by atoms with Crippen molar-refractivity contribution >= 4 is 15.9 Å². The number of rotatable bonds is 7. The number of sulfonamides is 1. The van der Waals surface area contributed by atoms with Crippen molar-refractivity contribution in [2.45, 2.75) is 31.6 Å². The summed E-state index contributed by atoms with van der Waals surface area (Å²) in [6.45, 7) is 5.12. The third-order valence-corrected chi connectivity index (χ3v) is 5.28. The highest BCUT2D eigenvalue weighted by Crippen LogP contribution is 2.18. The van der Waals surface area contributed by atoms with Crippen LogP contribution < -0.4 is 10.0 Å². The van der Waals surface area contributed by atoms with Crippen LogP contribution in [0.2, 0.25) is 0 Å². The van der Waals surface area contributed by atoms with E-state index in [4.69, 9.17) is 4.52 Å². The molecule has 2 N–H and O–H groups in total. The zero-order valence-corrected chi connectivity index (χ0v) is 14.7. The highest BCUT2D eigenvalue weighted by atomic mass is 32.2. The molecule has 7 nitrogen and oxygen atoms in total. The molecular formula is C16H21N3O4S. The maximum atomic E-state index is 12.2. The van der Waals surface area contributed by atoms with Gasteiger partial charge in [0.05, 0.1) is 6.54 Å². The fraction of sp³-hybridized carbons (Fsp3) is 0.375. The van der Waals surface area contributed by atoms with Gasteiger partial charge in [-0.25, -0.2) is 13.1 Å². The van der Waals surface area contributed by atoms with Crippen molar-refractivity contribution in [2.24, 2.45) is 0 Å². The van der Waals surface area contributed by atoms with Gasteiger partial charge in [-0.1, -0.05) is 42.4 Å². The Labute approximate surface area is 141 Å². The highest BCUT2D eigenvalue weighted by Gasteiger charge is 2.24. The molecule has 8 heteroatoms. The molecule has 2 rings (SSSR count). The average molecular weight is 351 g/mol. The van der Waals surface area contributed by atoms with Gasteiger partial charge in [0.25, 0.3) is 0 Å². The van der Waals surface area contributed by atoms with E-state index in [-0.39, 0.29) is 28.8 Å². The van der Waals surface area contributed by atoms with Gasteiger partial charge in [-0.05, 0) is 25.3 Å². The van der Waals surface area contributed by atoms with Crippen molar-refractivity contribution in [2.75, 3.05) is 13.1 Å². The number of hydrogen-bond acceptors (Lipinski definition) is 5. The van der Waals surface area contributed by atoms with Gasteiger partial charge in [0.2, 0.25) is 15.9 Å². The van der Waals surface area contributed by atoms with Crippen molar-refractivity contribution in [3.05, 3.63) is 47.3 Å². The molecule has 0 aliphatic rings. The van der Waals surface area contributed by atoms with Crippen LogP contribution in [0.15, 0.2) is 39.8 Å². The summed E-state index contributed by atoms with van der Waals surface area (Å²) in [5, 5.41) is 6.33. The number of carbonyl (C=O) groups excluding carboxylic acids is 1. The summed E-state index contributed by atoms with van der Waals surface area (Å²) in [7, 11) is -3.83. The second kappa shape index (κ2) is 7.59. The third kappa shape index (κ3) is 4.42. The lowest BCUT2D eigenvalue weighted by atomic mass is 10.0. The van der Waals surface area contributed by atoms with Gasteiger partial charge in [-0.15, -0.1) is 0 Å². The Morgan fingerprint density at radius 1 is 1.25 bits per heavy atom. The lowest BCUT2D eigenvalue weighted by Crippen LogP contribution is -2.38. The van der Waals surface area contributed by atoms with Crippen LogP contribution in [0, 0.1) is 13.8 Å². The van der Waals surface area contributed by atoms with Crippen LogP contribution in [-0.2, 0) is 14.8 Å². The van der Waals surface area contributed by atoms with Crippen molar-refractivity contribution < 1.29 is 17.7 Å². The summed E-state index contributed by atoms with van der Waals surface area (Å²) in [5.74, 6) is -0.0689. The lowest BCUT2D eigenvalue weighted by molar-refractivity contribution is -0.120. The van der Waals surface area contributed by atoms with E-state index in [1.54, 1.807) is 0 Å². The third-order valence-electron chi connectivity index (χ3n) is 3.63. The summed E-state index contributed by atoms with van der Waals surface area (Å²) in [4.78, 5) is 11.9. The second-order valence-corrected chi connectivity index (χ2v) is 7.30. The normalized spacial score (nSPS) is 12.8. The number of nitrogens with one attached hydrogen (secondary N) is 2. The topological polar surface area (TPSA) is 101 Å². The molecule has 0 saturated heterocycles. The predicted molar refractivity (Wildman–Crippen MR) is 89.0 cm³/mol. The minimum absolute atomic E-state index is 0.0204. The molecule has 0 aliphatic carbocycles. The summed E-state index contributed by atoms with van der Waals surface area (Å²) in [5.41, 5.74) is 1.37. The molecule has 0 unspecified atom stereocenters. The first-order valence-electron chi connectivity index (χ1n) is 7.55. The molecule has 1 heterocycles. The minimum atomic E-state index is -3.83. The zero-order valence-electron chi connectivity index (χ0n) is 13.9. The smallest absolute Gasteiger partial charge is 0.246 e. The van der Waals surface area contributed by atoms with Gasteiger partial charge in [-0.3, -0.25) is 4.79 Å². The Balaban J connectivity index is 1.87. The van der Waals surface area contributed by atoms with E-state index in [1.165, 1.54) is 13.8 Å². The molecule has 1 aromatic carbocycles. The second-order valence-electron chi connectivity index (χ2n) is 5.59. The van der Waals surface area contributed by atoms with Crippen LogP contribution in [-0.4, -0.2) is 32.6 Å². The summed E-state index contributed by atoms with van der Waals surface area (Å²) < 4.78 is 31.5. The van der Waals surface area contributed by atoms with E-state index in [0.717, 1.165) is 5.56 Å². The van der Waals surface area contributed by atoms with Gasteiger partial charge < -0.3 is 9.84 Å². The number of carbonyl (C=O) groups is 1. The first-order valence-corrected chi connectivity index (χ1v) is 9.03. The Morgan fingerprint density at radius 3 is 2.50 bits per heavy atom. The molecule has 0 aliphatic heterocycles. The molecule has 0 bridgehead atoms. The molecule has 1 amide bonds. The number of hydrogen-bond donors (Lipinski definition) is 2. The number of aryl methyl sites for hydroxylation is 2. The number of nitrogens with zero attached hydrogens (tertiary/aromatic N) is 1. The Morgan fingerprint density at radius 2 is 1.92 bits per heavy atom. The molecular weight excluding hydrogens is 330 g/mol. The van der Waals surface area contributed by atoms with E-state index in [1.807, 2.05) is 37.3 Å². The van der Waals surface area contributed by atoms with Crippen LogP contribution in [0.1, 0.15) is 29.9 Å². The first kappa shape index (κ1) is 18.2. The molecule has 0 saturated carbocycles. The van der Waals surface area contributed by atoms with Crippen LogP contribution in [0.4, 0.5) is 0 Å². The van der Waals surface area contributed by atoms with Gasteiger partial charge in [0.1, 0.15) is 10.6 Å². The van der Waals surface area contributed by atoms with Crippen LogP contribution in [0.5, 0.6) is 0 Å². The maximum absolute atomic E-state index is 12.2. The van der Waals surface area contributed by atoms with Crippen molar-refractivity contribution in [3.63, 3.8) is 0 Å². The van der Waals surface area contributed by atoms with E-state index in [0.29, 0.717) is 6.54 Å². The summed E-state index contributed by atoms with van der Waals surface area (Å²) in [6.07, 6.45) is 0. The van der Waals surface area contributed by atoms with E-state index >= 15 is 0 Å². The molecule has 2 aromatic rings. The van der Waals surface area contributed by atoms with Gasteiger partial charge in [-0.2, -0.15) is 0 Å². The number of benzene rings is 1. The first-order chi connectivity index (χ1) is 11.3. The molecule has 130 valence electrons. The Hall–Kier alpha value is -2.19. The molecule has 0 spiro atoms. The van der Waals surface area contributed by atoms with Crippen molar-refractivity contribution in [1.82, 2.24) is 15.2 Å². The Kier molecular flexibility index (Phi) is 5.74. The van der Waals surface area contributed by atoms with Crippen molar-refractivity contribution in [3.8, 4) is 0 Å². The standard InChI is InChI=1S/C16H21N3O4S/c1-11(14-7-5-4-6-8-14)9-17-15(20)10-18-24(21,22)16-12(2)19-23-13(16)3/h4-8,11,18H,9-10H2,1-3H3,(H,17,20)/t11-/m1/s1. The largest absolute Gasteiger partial charge is 0.360 e. The van der Waals surface area contributed by atoms with E-state index < -0.39 is 15.9 Å². The van der Waals surface area contributed by atoms with Gasteiger partial charge in [0, 0.05) is 6.54 Å². The summed E-state index contributed by atoms with van der Waals surface area (Å²) in [6, 6.07) is 9.77. The average Bonchev–Trinajstić information content (AvgIpc) is 2.91. The predicted octanol–water partition coefficient (Wildman–Crippen LogP) is 1.49. The monoisotopic (exact) mass is 351 g/mol. The Bertz CT molecular complexity index is 780. The quantitative estimate of drug-likeness (QED) is 0.787.